The van der Waals surface area contributed by atoms with Gasteiger partial charge in [-0.3, -0.25) is 9.59 Å². The van der Waals surface area contributed by atoms with Crippen molar-refractivity contribution in [2.24, 2.45) is 5.92 Å². The van der Waals surface area contributed by atoms with Crippen LogP contribution in [0.3, 0.4) is 0 Å². The second kappa shape index (κ2) is 13.5. The van der Waals surface area contributed by atoms with Crippen molar-refractivity contribution < 1.29 is 24.2 Å². The number of amides is 3. The Hall–Kier alpha value is -3.52. The summed E-state index contributed by atoms with van der Waals surface area (Å²) in [5.41, 5.74) is 1.44. The Labute approximate surface area is 236 Å². The van der Waals surface area contributed by atoms with Gasteiger partial charge in [-0.2, -0.15) is 0 Å². The third kappa shape index (κ3) is 9.03. The van der Waals surface area contributed by atoms with E-state index in [-0.39, 0.29) is 18.2 Å². The van der Waals surface area contributed by atoms with Gasteiger partial charge in [-0.1, -0.05) is 49.7 Å². The molecule has 9 heteroatoms. The monoisotopic (exact) mass is 557 g/mol. The Morgan fingerprint density at radius 1 is 1.13 bits per heavy atom. The Bertz CT molecular complexity index is 1190. The predicted molar refractivity (Wildman–Crippen MR) is 155 cm³/mol. The zero-order valence-electron chi connectivity index (χ0n) is 23.8. The molecule has 2 atom stereocenters. The highest BCUT2D eigenvalue weighted by Crippen LogP contribution is 2.31. The molecule has 2 unspecified atom stereocenters. The highest BCUT2D eigenvalue weighted by atomic mass is 35.5. The van der Waals surface area contributed by atoms with E-state index in [1.54, 1.807) is 52.0 Å². The number of para-hydroxylation sites is 1. The summed E-state index contributed by atoms with van der Waals surface area (Å²) in [5, 5.41) is 16.1. The van der Waals surface area contributed by atoms with Gasteiger partial charge in [-0.25, -0.2) is 4.79 Å². The molecule has 0 radical (unpaired) electrons. The van der Waals surface area contributed by atoms with Crippen molar-refractivity contribution >= 4 is 35.2 Å². The second-order valence-corrected chi connectivity index (χ2v) is 11.4. The molecule has 3 amide bonds. The van der Waals surface area contributed by atoms with E-state index in [4.69, 9.17) is 16.3 Å². The van der Waals surface area contributed by atoms with Gasteiger partial charge in [0.05, 0.1) is 10.7 Å². The number of phenols is 1. The molecule has 0 bridgehead atoms. The first-order valence-corrected chi connectivity index (χ1v) is 13.3. The molecular weight excluding hydrogens is 518 g/mol. The number of hydrogen-bond acceptors (Lipinski definition) is 5. The zero-order chi connectivity index (χ0) is 29.5. The molecule has 0 aliphatic rings. The lowest BCUT2D eigenvalue weighted by Gasteiger charge is -2.34. The van der Waals surface area contributed by atoms with Crippen LogP contribution in [0.4, 0.5) is 10.5 Å². The van der Waals surface area contributed by atoms with Gasteiger partial charge in [-0.05, 0) is 81.8 Å². The SMILES string of the molecule is C=CCN(C(=O)C(CC(C)C)NC(=O)OC(C)(C)C)C(C(=O)Nc1c(C)cccc1Cl)c1ccc(O)c(C)c1. The first kappa shape index (κ1) is 31.7. The van der Waals surface area contributed by atoms with E-state index in [0.717, 1.165) is 5.56 Å². The maximum absolute atomic E-state index is 14.1. The molecular formula is C30H40ClN3O5. The molecule has 212 valence electrons. The van der Waals surface area contributed by atoms with E-state index in [0.29, 0.717) is 28.3 Å². The standard InChI is InChI=1S/C30H40ClN3O5/c1-9-15-34(28(37)23(16-18(2)3)32-29(38)39-30(6,7)8)26(21-13-14-24(35)20(5)17-21)27(36)33-25-19(4)11-10-12-22(25)31/h9-14,17-18,23,26,35H,1,15-16H2,2-8H3,(H,32,38)(H,33,36). The molecule has 0 heterocycles. The third-order valence-electron chi connectivity index (χ3n) is 5.87. The quantitative estimate of drug-likeness (QED) is 0.297. The van der Waals surface area contributed by atoms with E-state index < -0.39 is 35.6 Å². The normalized spacial score (nSPS) is 12.8. The summed E-state index contributed by atoms with van der Waals surface area (Å²) in [6.45, 7) is 16.4. The Morgan fingerprint density at radius 2 is 1.79 bits per heavy atom. The van der Waals surface area contributed by atoms with E-state index in [9.17, 15) is 19.5 Å². The average molecular weight is 558 g/mol. The smallest absolute Gasteiger partial charge is 0.408 e. The number of anilines is 1. The molecule has 8 nitrogen and oxygen atoms in total. The number of hydrogen-bond donors (Lipinski definition) is 3. The topological polar surface area (TPSA) is 108 Å². The number of halogens is 1. The average Bonchev–Trinajstić information content (AvgIpc) is 2.81. The second-order valence-electron chi connectivity index (χ2n) is 11.0. The minimum absolute atomic E-state index is 0.0168. The molecule has 0 spiro atoms. The molecule has 0 saturated heterocycles. The fraction of sp³-hybridized carbons (Fsp3) is 0.433. The highest BCUT2D eigenvalue weighted by molar-refractivity contribution is 6.34. The number of alkyl carbamates (subject to hydrolysis) is 1. The lowest BCUT2D eigenvalue weighted by atomic mass is 9.98. The van der Waals surface area contributed by atoms with Crippen LogP contribution >= 0.6 is 11.6 Å². The van der Waals surface area contributed by atoms with Gasteiger partial charge in [0.25, 0.3) is 5.91 Å². The number of carbonyl (C=O) groups excluding carboxylic acids is 3. The van der Waals surface area contributed by atoms with Crippen LogP contribution in [0.1, 0.15) is 63.8 Å². The summed E-state index contributed by atoms with van der Waals surface area (Å²) < 4.78 is 5.40. The van der Waals surface area contributed by atoms with Gasteiger partial charge in [-0.15, -0.1) is 6.58 Å². The lowest BCUT2D eigenvalue weighted by Crippen LogP contribution is -2.52. The maximum Gasteiger partial charge on any atom is 0.408 e. The van der Waals surface area contributed by atoms with E-state index in [2.05, 4.69) is 17.2 Å². The summed E-state index contributed by atoms with van der Waals surface area (Å²) in [7, 11) is 0. The van der Waals surface area contributed by atoms with Crippen molar-refractivity contribution in [2.45, 2.75) is 72.6 Å². The zero-order valence-corrected chi connectivity index (χ0v) is 24.6. The molecule has 0 aliphatic heterocycles. The largest absolute Gasteiger partial charge is 0.508 e. The molecule has 0 aliphatic carbocycles. The fourth-order valence-electron chi connectivity index (χ4n) is 4.11. The Kier molecular flexibility index (Phi) is 11.0. The number of rotatable bonds is 10. The van der Waals surface area contributed by atoms with Crippen molar-refractivity contribution in [3.63, 3.8) is 0 Å². The molecule has 3 N–H and O–H groups in total. The number of nitrogens with one attached hydrogen (secondary N) is 2. The van der Waals surface area contributed by atoms with Gasteiger partial charge in [0.1, 0.15) is 23.4 Å². The van der Waals surface area contributed by atoms with Crippen molar-refractivity contribution in [3.8, 4) is 5.75 Å². The highest BCUT2D eigenvalue weighted by Gasteiger charge is 2.36. The number of phenolic OH excluding ortho intramolecular Hbond substituents is 1. The van der Waals surface area contributed by atoms with Gasteiger partial charge in [0, 0.05) is 6.54 Å². The van der Waals surface area contributed by atoms with Gasteiger partial charge in [0.15, 0.2) is 0 Å². The summed E-state index contributed by atoms with van der Waals surface area (Å²) in [5.74, 6) is -0.873. The number of nitrogens with zero attached hydrogens (tertiary/aromatic N) is 1. The van der Waals surface area contributed by atoms with Crippen LogP contribution in [-0.2, 0) is 14.3 Å². The van der Waals surface area contributed by atoms with Crippen LogP contribution in [0.25, 0.3) is 0 Å². The van der Waals surface area contributed by atoms with Gasteiger partial charge in [0.2, 0.25) is 5.91 Å². The number of aromatic hydroxyl groups is 1. The first-order chi connectivity index (χ1) is 18.1. The summed E-state index contributed by atoms with van der Waals surface area (Å²) >= 11 is 6.39. The Morgan fingerprint density at radius 3 is 2.33 bits per heavy atom. The molecule has 0 saturated carbocycles. The number of aryl methyl sites for hydroxylation is 2. The fourth-order valence-corrected chi connectivity index (χ4v) is 4.38. The maximum atomic E-state index is 14.1. The summed E-state index contributed by atoms with van der Waals surface area (Å²) in [6.07, 6.45) is 1.11. The third-order valence-corrected chi connectivity index (χ3v) is 6.19. The molecule has 0 aromatic heterocycles. The molecule has 2 aromatic rings. The van der Waals surface area contributed by atoms with Crippen LogP contribution in [0.15, 0.2) is 49.1 Å². The summed E-state index contributed by atoms with van der Waals surface area (Å²) in [4.78, 5) is 42.0. The predicted octanol–water partition coefficient (Wildman–Crippen LogP) is 6.30. The molecule has 2 rings (SSSR count). The van der Waals surface area contributed by atoms with Crippen molar-refractivity contribution in [2.75, 3.05) is 11.9 Å². The summed E-state index contributed by atoms with van der Waals surface area (Å²) in [6, 6.07) is 7.90. The lowest BCUT2D eigenvalue weighted by molar-refractivity contribution is -0.140. The van der Waals surface area contributed by atoms with Crippen LogP contribution < -0.4 is 10.6 Å². The minimum Gasteiger partial charge on any atom is -0.508 e. The molecule has 0 fully saturated rings. The van der Waals surface area contributed by atoms with Crippen molar-refractivity contribution in [3.05, 3.63) is 70.8 Å². The number of carbonyl (C=O) groups is 3. The van der Waals surface area contributed by atoms with Crippen LogP contribution in [0.2, 0.25) is 5.02 Å². The minimum atomic E-state index is -1.12. The van der Waals surface area contributed by atoms with Gasteiger partial charge >= 0.3 is 6.09 Å². The van der Waals surface area contributed by atoms with Crippen molar-refractivity contribution in [1.82, 2.24) is 10.2 Å². The van der Waals surface area contributed by atoms with Crippen LogP contribution in [0, 0.1) is 19.8 Å². The van der Waals surface area contributed by atoms with Gasteiger partial charge < -0.3 is 25.4 Å². The van der Waals surface area contributed by atoms with E-state index in [1.165, 1.54) is 17.0 Å². The van der Waals surface area contributed by atoms with E-state index in [1.807, 2.05) is 26.8 Å². The Balaban J connectivity index is 2.59. The van der Waals surface area contributed by atoms with E-state index >= 15 is 0 Å². The van der Waals surface area contributed by atoms with Crippen LogP contribution in [0.5, 0.6) is 5.75 Å². The molecule has 2 aromatic carbocycles. The number of benzene rings is 2. The molecule has 39 heavy (non-hydrogen) atoms. The van der Waals surface area contributed by atoms with Crippen molar-refractivity contribution in [1.29, 1.82) is 0 Å². The van der Waals surface area contributed by atoms with Crippen LogP contribution in [-0.4, -0.2) is 46.1 Å². The first-order valence-electron chi connectivity index (χ1n) is 12.9. The number of ether oxygens (including phenoxy) is 1.